The Bertz CT molecular complexity index is 1330. The van der Waals surface area contributed by atoms with E-state index in [1.807, 2.05) is 30.5 Å². The number of dihydropyridines is 1. The normalized spacial score (nSPS) is 21.9. The fourth-order valence-electron chi connectivity index (χ4n) is 5.06. The molecule has 0 saturated carbocycles. The van der Waals surface area contributed by atoms with E-state index in [1.54, 1.807) is 12.1 Å². The molecule has 1 N–H and O–H groups in total. The molecule has 0 bridgehead atoms. The number of hydrogen-bond acceptors (Lipinski definition) is 5. The summed E-state index contributed by atoms with van der Waals surface area (Å²) in [7, 11) is 2.10. The summed E-state index contributed by atoms with van der Waals surface area (Å²) in [5.74, 6) is -0.302. The lowest BCUT2D eigenvalue weighted by molar-refractivity contribution is -0.119. The third kappa shape index (κ3) is 5.75. The molecule has 3 aliphatic rings. The predicted octanol–water partition coefficient (Wildman–Crippen LogP) is 4.51. The van der Waals surface area contributed by atoms with E-state index in [-0.39, 0.29) is 25.0 Å². The molecule has 196 valence electrons. The van der Waals surface area contributed by atoms with Crippen molar-refractivity contribution >= 4 is 23.9 Å². The highest BCUT2D eigenvalue weighted by Crippen LogP contribution is 2.30. The van der Waals surface area contributed by atoms with Crippen molar-refractivity contribution in [3.05, 3.63) is 89.8 Å². The summed E-state index contributed by atoms with van der Waals surface area (Å²) in [5.41, 5.74) is 4.13. The van der Waals surface area contributed by atoms with Gasteiger partial charge in [0.25, 0.3) is 0 Å². The molecule has 2 aromatic carbocycles. The van der Waals surface area contributed by atoms with E-state index in [4.69, 9.17) is 4.74 Å². The van der Waals surface area contributed by atoms with Gasteiger partial charge in [-0.15, -0.1) is 0 Å². The largest absolute Gasteiger partial charge is 0.442 e. The van der Waals surface area contributed by atoms with Crippen LogP contribution < -0.4 is 10.2 Å². The van der Waals surface area contributed by atoms with Crippen LogP contribution in [0.25, 0.3) is 11.1 Å². The van der Waals surface area contributed by atoms with Gasteiger partial charge in [-0.25, -0.2) is 9.18 Å². The highest BCUT2D eigenvalue weighted by atomic mass is 19.1. The first-order valence-electron chi connectivity index (χ1n) is 12.7. The number of fused-ring (bicyclic) bond motifs is 1. The van der Waals surface area contributed by atoms with Crippen molar-refractivity contribution in [3.8, 4) is 11.1 Å². The van der Waals surface area contributed by atoms with E-state index in [2.05, 4.69) is 52.6 Å². The SMILES string of the molecule is CC(=O)NC[C@H]1CN(c2ccc(-c3ccc(CN(C)CC4=CC=NC5C=CC=CC45)cc3)c(F)c2)C(=O)O1. The molecule has 3 atom stereocenters. The molecule has 1 aliphatic carbocycles. The average molecular weight is 515 g/mol. The van der Waals surface area contributed by atoms with E-state index in [1.165, 1.54) is 23.5 Å². The summed E-state index contributed by atoms with van der Waals surface area (Å²) in [6.07, 6.45) is 11.5. The van der Waals surface area contributed by atoms with Gasteiger partial charge in [0.05, 0.1) is 24.8 Å². The number of nitrogens with one attached hydrogen (secondary N) is 1. The van der Waals surface area contributed by atoms with Crippen LogP contribution in [0.15, 0.2) is 83.4 Å². The van der Waals surface area contributed by atoms with Crippen molar-refractivity contribution in [1.29, 1.82) is 0 Å². The second-order valence-electron chi connectivity index (χ2n) is 9.91. The maximum atomic E-state index is 15.1. The summed E-state index contributed by atoms with van der Waals surface area (Å²) in [6.45, 7) is 3.48. The van der Waals surface area contributed by atoms with Gasteiger partial charge in [0.15, 0.2) is 0 Å². The maximum absolute atomic E-state index is 15.1. The van der Waals surface area contributed by atoms with E-state index in [0.717, 1.165) is 24.2 Å². The lowest BCUT2D eigenvalue weighted by Crippen LogP contribution is -2.33. The Kier molecular flexibility index (Phi) is 7.51. The molecule has 2 unspecified atom stereocenters. The molecule has 2 heterocycles. The van der Waals surface area contributed by atoms with Crippen molar-refractivity contribution in [3.63, 3.8) is 0 Å². The van der Waals surface area contributed by atoms with E-state index < -0.39 is 18.0 Å². The predicted molar refractivity (Wildman–Crippen MR) is 147 cm³/mol. The number of allylic oxidation sites excluding steroid dienone is 3. The van der Waals surface area contributed by atoms with Gasteiger partial charge in [-0.05, 0) is 48.0 Å². The van der Waals surface area contributed by atoms with Crippen LogP contribution in [0.2, 0.25) is 0 Å². The summed E-state index contributed by atoms with van der Waals surface area (Å²) in [5, 5.41) is 2.64. The van der Waals surface area contributed by atoms with Gasteiger partial charge in [0.1, 0.15) is 11.9 Å². The zero-order valence-electron chi connectivity index (χ0n) is 21.5. The molecule has 0 spiro atoms. The van der Waals surface area contributed by atoms with Crippen molar-refractivity contribution < 1.29 is 18.7 Å². The first kappa shape index (κ1) is 25.6. The molecule has 0 radical (unpaired) electrons. The number of rotatable bonds is 8. The van der Waals surface area contributed by atoms with Gasteiger partial charge in [-0.3, -0.25) is 19.6 Å². The molecule has 2 aliphatic heterocycles. The molecule has 2 aromatic rings. The molecule has 8 heteroatoms. The smallest absolute Gasteiger partial charge is 0.414 e. The lowest BCUT2D eigenvalue weighted by Gasteiger charge is -2.29. The van der Waals surface area contributed by atoms with Gasteiger partial charge in [-0.2, -0.15) is 0 Å². The molecular weight excluding hydrogens is 483 g/mol. The Morgan fingerprint density at radius 2 is 1.95 bits per heavy atom. The molecule has 1 saturated heterocycles. The Hall–Kier alpha value is -4.04. The number of cyclic esters (lactones) is 1. The number of halogens is 1. The Balaban J connectivity index is 1.20. The highest BCUT2D eigenvalue weighted by Gasteiger charge is 2.32. The van der Waals surface area contributed by atoms with Crippen molar-refractivity contribution in [2.75, 3.05) is 31.6 Å². The Morgan fingerprint density at radius 3 is 2.71 bits per heavy atom. The van der Waals surface area contributed by atoms with Crippen LogP contribution in [0.1, 0.15) is 12.5 Å². The summed E-state index contributed by atoms with van der Waals surface area (Å²) < 4.78 is 20.4. The van der Waals surface area contributed by atoms with Crippen molar-refractivity contribution in [2.24, 2.45) is 10.9 Å². The molecule has 0 aromatic heterocycles. The average Bonchev–Trinajstić information content (AvgIpc) is 3.28. The number of benzene rings is 2. The molecular formula is C30H31FN4O3. The Labute approximate surface area is 222 Å². The minimum absolute atomic E-state index is 0.190. The van der Waals surface area contributed by atoms with Crippen molar-refractivity contribution in [1.82, 2.24) is 10.2 Å². The third-order valence-corrected chi connectivity index (χ3v) is 6.97. The van der Waals surface area contributed by atoms with Gasteiger partial charge in [0.2, 0.25) is 5.91 Å². The number of amides is 2. The van der Waals surface area contributed by atoms with Gasteiger partial charge in [0, 0.05) is 37.7 Å². The number of anilines is 1. The van der Waals surface area contributed by atoms with E-state index in [0.29, 0.717) is 17.2 Å². The molecule has 1 fully saturated rings. The summed E-state index contributed by atoms with van der Waals surface area (Å²) >= 11 is 0. The van der Waals surface area contributed by atoms with E-state index >= 15 is 4.39 Å². The number of carbonyl (C=O) groups is 2. The van der Waals surface area contributed by atoms with Crippen LogP contribution in [0.4, 0.5) is 14.9 Å². The van der Waals surface area contributed by atoms with Crippen molar-refractivity contribution in [2.45, 2.75) is 25.6 Å². The molecule has 7 nitrogen and oxygen atoms in total. The fourth-order valence-corrected chi connectivity index (χ4v) is 5.06. The number of nitrogens with zero attached hydrogens (tertiary/aromatic N) is 3. The number of likely N-dealkylation sites (N-methyl/N-ethyl adjacent to an activating group) is 1. The fraction of sp³-hybridized carbons (Fsp3) is 0.300. The standard InChI is InChI=1S/C30H31FN4O3/c1-20(36)33-16-25-19-35(30(37)38-25)24-11-12-26(28(31)15-24)22-9-7-21(8-10-22)17-34(2)18-23-13-14-32-29-6-4-3-5-27(23)29/h3-15,25,27,29H,16-19H2,1-2H3,(H,33,36)/t25-,27?,29?/m0/s1. The molecule has 5 rings (SSSR count). The zero-order chi connectivity index (χ0) is 26.6. The van der Waals surface area contributed by atoms with Crippen LogP contribution in [-0.4, -0.2) is 61.9 Å². The number of carbonyl (C=O) groups excluding carboxylic acids is 2. The monoisotopic (exact) mass is 514 g/mol. The summed E-state index contributed by atoms with van der Waals surface area (Å²) in [6, 6.07) is 12.8. The van der Waals surface area contributed by atoms with E-state index in [9.17, 15) is 9.59 Å². The first-order chi connectivity index (χ1) is 18.4. The number of aliphatic imine (C=N–C) groups is 1. The molecule has 2 amide bonds. The van der Waals surface area contributed by atoms with Gasteiger partial charge >= 0.3 is 6.09 Å². The molecule has 38 heavy (non-hydrogen) atoms. The third-order valence-electron chi connectivity index (χ3n) is 6.97. The van der Waals surface area contributed by atoms with Crippen LogP contribution in [-0.2, 0) is 16.1 Å². The number of hydrogen-bond donors (Lipinski definition) is 1. The van der Waals surface area contributed by atoms with Gasteiger partial charge < -0.3 is 10.1 Å². The highest BCUT2D eigenvalue weighted by molar-refractivity contribution is 5.90. The Morgan fingerprint density at radius 1 is 1.16 bits per heavy atom. The first-order valence-corrected chi connectivity index (χ1v) is 12.7. The summed E-state index contributed by atoms with van der Waals surface area (Å²) in [4.78, 5) is 31.6. The maximum Gasteiger partial charge on any atom is 0.414 e. The van der Waals surface area contributed by atoms with Crippen LogP contribution in [0.5, 0.6) is 0 Å². The second-order valence-corrected chi connectivity index (χ2v) is 9.91. The minimum Gasteiger partial charge on any atom is -0.442 e. The second kappa shape index (κ2) is 11.1. The van der Waals surface area contributed by atoms with Crippen LogP contribution in [0, 0.1) is 11.7 Å². The minimum atomic E-state index is -0.552. The quantitative estimate of drug-likeness (QED) is 0.563. The topological polar surface area (TPSA) is 74.2 Å². The van der Waals surface area contributed by atoms with Crippen LogP contribution in [0.3, 0.4) is 0 Å². The van der Waals surface area contributed by atoms with Gasteiger partial charge in [-0.1, -0.05) is 48.6 Å². The van der Waals surface area contributed by atoms with Crippen LogP contribution >= 0.6 is 0 Å². The lowest BCUT2D eigenvalue weighted by atomic mass is 9.86. The zero-order valence-corrected chi connectivity index (χ0v) is 21.5. The number of ether oxygens (including phenoxy) is 1.